The fraction of sp³-hybridized carbons (Fsp3) is 0.462. The van der Waals surface area contributed by atoms with E-state index < -0.39 is 0 Å². The Kier molecular flexibility index (Phi) is 4.97. The van der Waals surface area contributed by atoms with Gasteiger partial charge in [0.25, 0.3) is 0 Å². The fourth-order valence-electron chi connectivity index (χ4n) is 1.75. The number of carbonyl (C=O) groups is 1. The van der Waals surface area contributed by atoms with Crippen molar-refractivity contribution in [1.29, 1.82) is 0 Å². The SMILES string of the molecule is COc1ccccc1C(CNC(C)=O)N(C)C. The van der Waals surface area contributed by atoms with Gasteiger partial charge in [-0.05, 0) is 20.2 Å². The van der Waals surface area contributed by atoms with E-state index in [1.54, 1.807) is 7.11 Å². The van der Waals surface area contributed by atoms with Crippen LogP contribution < -0.4 is 10.1 Å². The van der Waals surface area contributed by atoms with Crippen LogP contribution in [0.2, 0.25) is 0 Å². The lowest BCUT2D eigenvalue weighted by atomic mass is 10.0. The molecule has 0 bridgehead atoms. The number of carbonyl (C=O) groups excluding carboxylic acids is 1. The van der Waals surface area contributed by atoms with E-state index in [9.17, 15) is 4.79 Å². The second-order valence-electron chi connectivity index (χ2n) is 4.16. The van der Waals surface area contributed by atoms with Gasteiger partial charge in [0.2, 0.25) is 5.91 Å². The van der Waals surface area contributed by atoms with Gasteiger partial charge in [0, 0.05) is 19.0 Å². The van der Waals surface area contributed by atoms with E-state index in [-0.39, 0.29) is 11.9 Å². The van der Waals surface area contributed by atoms with Crippen LogP contribution in [0.4, 0.5) is 0 Å². The third kappa shape index (κ3) is 3.75. The largest absolute Gasteiger partial charge is 0.496 e. The molecule has 0 heterocycles. The number of likely N-dealkylation sites (N-methyl/N-ethyl adjacent to an activating group) is 1. The van der Waals surface area contributed by atoms with Gasteiger partial charge in [-0.3, -0.25) is 4.79 Å². The smallest absolute Gasteiger partial charge is 0.216 e. The molecular weight excluding hydrogens is 216 g/mol. The number of benzene rings is 1. The molecule has 4 heteroatoms. The Morgan fingerprint density at radius 2 is 2.06 bits per heavy atom. The molecule has 0 aliphatic carbocycles. The van der Waals surface area contributed by atoms with Gasteiger partial charge >= 0.3 is 0 Å². The van der Waals surface area contributed by atoms with E-state index in [0.717, 1.165) is 11.3 Å². The predicted octanol–water partition coefficient (Wildman–Crippen LogP) is 1.43. The van der Waals surface area contributed by atoms with Crippen molar-refractivity contribution in [2.24, 2.45) is 0 Å². The highest BCUT2D eigenvalue weighted by Crippen LogP contribution is 2.27. The zero-order valence-corrected chi connectivity index (χ0v) is 10.9. The summed E-state index contributed by atoms with van der Waals surface area (Å²) in [6, 6.07) is 7.97. The normalized spacial score (nSPS) is 12.3. The molecular formula is C13H20N2O2. The van der Waals surface area contributed by atoms with Gasteiger partial charge in [0.1, 0.15) is 5.75 Å². The summed E-state index contributed by atoms with van der Waals surface area (Å²) in [4.78, 5) is 13.1. The zero-order chi connectivity index (χ0) is 12.8. The van der Waals surface area contributed by atoms with E-state index in [0.29, 0.717) is 6.54 Å². The second kappa shape index (κ2) is 6.25. The molecule has 0 saturated carbocycles. The van der Waals surface area contributed by atoms with Crippen LogP contribution in [-0.4, -0.2) is 38.6 Å². The Balaban J connectivity index is 2.92. The first kappa shape index (κ1) is 13.5. The molecule has 1 rings (SSSR count). The first-order chi connectivity index (χ1) is 8.06. The summed E-state index contributed by atoms with van der Waals surface area (Å²) in [5.41, 5.74) is 1.08. The van der Waals surface area contributed by atoms with Crippen molar-refractivity contribution < 1.29 is 9.53 Å². The van der Waals surface area contributed by atoms with Crippen LogP contribution in [0.15, 0.2) is 24.3 Å². The number of nitrogens with one attached hydrogen (secondary N) is 1. The quantitative estimate of drug-likeness (QED) is 0.841. The van der Waals surface area contributed by atoms with Gasteiger partial charge < -0.3 is 15.0 Å². The highest BCUT2D eigenvalue weighted by atomic mass is 16.5. The molecule has 0 aliphatic heterocycles. The molecule has 17 heavy (non-hydrogen) atoms. The highest BCUT2D eigenvalue weighted by molar-refractivity contribution is 5.72. The van der Waals surface area contributed by atoms with Crippen molar-refractivity contribution in [2.75, 3.05) is 27.7 Å². The Labute approximate surface area is 103 Å². The van der Waals surface area contributed by atoms with Crippen molar-refractivity contribution >= 4 is 5.91 Å². The lowest BCUT2D eigenvalue weighted by Gasteiger charge is -2.26. The molecule has 0 aromatic heterocycles. The Bertz CT molecular complexity index is 377. The molecule has 0 radical (unpaired) electrons. The lowest BCUT2D eigenvalue weighted by Crippen LogP contribution is -2.33. The maximum atomic E-state index is 11.0. The number of amides is 1. The molecule has 1 unspecified atom stereocenters. The van der Waals surface area contributed by atoms with Crippen LogP contribution in [0.1, 0.15) is 18.5 Å². The standard InChI is InChI=1S/C13H20N2O2/c1-10(16)14-9-12(15(2)3)11-7-5-6-8-13(11)17-4/h5-8,12H,9H2,1-4H3,(H,14,16). The van der Waals surface area contributed by atoms with E-state index in [2.05, 4.69) is 10.2 Å². The van der Waals surface area contributed by atoms with Crippen molar-refractivity contribution in [2.45, 2.75) is 13.0 Å². The maximum Gasteiger partial charge on any atom is 0.216 e. The summed E-state index contributed by atoms with van der Waals surface area (Å²) in [5.74, 6) is 0.823. The summed E-state index contributed by atoms with van der Waals surface area (Å²) in [7, 11) is 5.63. The maximum absolute atomic E-state index is 11.0. The zero-order valence-electron chi connectivity index (χ0n) is 10.9. The van der Waals surface area contributed by atoms with Gasteiger partial charge in [0.15, 0.2) is 0 Å². The first-order valence-electron chi connectivity index (χ1n) is 5.60. The number of para-hydroxylation sites is 1. The van der Waals surface area contributed by atoms with Crippen molar-refractivity contribution in [3.63, 3.8) is 0 Å². The number of ether oxygens (including phenoxy) is 1. The van der Waals surface area contributed by atoms with Crippen molar-refractivity contribution in [3.8, 4) is 5.75 Å². The topological polar surface area (TPSA) is 41.6 Å². The number of nitrogens with zero attached hydrogens (tertiary/aromatic N) is 1. The van der Waals surface area contributed by atoms with Gasteiger partial charge in [-0.1, -0.05) is 18.2 Å². The molecule has 1 atom stereocenters. The molecule has 1 aromatic rings. The summed E-state index contributed by atoms with van der Waals surface area (Å²) >= 11 is 0. The Morgan fingerprint density at radius 3 is 2.59 bits per heavy atom. The number of rotatable bonds is 5. The molecule has 1 aromatic carbocycles. The average molecular weight is 236 g/mol. The molecule has 0 saturated heterocycles. The average Bonchev–Trinajstić information content (AvgIpc) is 2.29. The molecule has 4 nitrogen and oxygen atoms in total. The van der Waals surface area contributed by atoms with Gasteiger partial charge in [-0.15, -0.1) is 0 Å². The Morgan fingerprint density at radius 1 is 1.41 bits per heavy atom. The first-order valence-corrected chi connectivity index (χ1v) is 5.60. The minimum Gasteiger partial charge on any atom is -0.496 e. The minimum atomic E-state index is -0.0215. The molecule has 94 valence electrons. The van der Waals surface area contributed by atoms with Crippen LogP contribution in [0.5, 0.6) is 5.75 Å². The third-order valence-corrected chi connectivity index (χ3v) is 2.67. The van der Waals surface area contributed by atoms with E-state index in [1.807, 2.05) is 38.4 Å². The summed E-state index contributed by atoms with van der Waals surface area (Å²) in [5, 5.41) is 2.84. The fourth-order valence-corrected chi connectivity index (χ4v) is 1.75. The summed E-state index contributed by atoms with van der Waals surface area (Å²) < 4.78 is 5.34. The lowest BCUT2D eigenvalue weighted by molar-refractivity contribution is -0.119. The third-order valence-electron chi connectivity index (χ3n) is 2.67. The van der Waals surface area contributed by atoms with Crippen LogP contribution in [0, 0.1) is 0 Å². The van der Waals surface area contributed by atoms with Gasteiger partial charge in [-0.25, -0.2) is 0 Å². The van der Waals surface area contributed by atoms with Crippen LogP contribution in [0.25, 0.3) is 0 Å². The molecule has 0 aliphatic rings. The van der Waals surface area contributed by atoms with Crippen LogP contribution >= 0.6 is 0 Å². The number of methoxy groups -OCH3 is 1. The minimum absolute atomic E-state index is 0.0215. The molecule has 1 amide bonds. The van der Waals surface area contributed by atoms with E-state index in [1.165, 1.54) is 6.92 Å². The predicted molar refractivity (Wildman–Crippen MR) is 68.1 cm³/mol. The summed E-state index contributed by atoms with van der Waals surface area (Å²) in [6.07, 6.45) is 0. The Hall–Kier alpha value is -1.55. The number of hydrogen-bond acceptors (Lipinski definition) is 3. The van der Waals surface area contributed by atoms with Crippen molar-refractivity contribution in [3.05, 3.63) is 29.8 Å². The van der Waals surface area contributed by atoms with Crippen molar-refractivity contribution in [1.82, 2.24) is 10.2 Å². The highest BCUT2D eigenvalue weighted by Gasteiger charge is 2.17. The number of hydrogen-bond donors (Lipinski definition) is 1. The monoisotopic (exact) mass is 236 g/mol. The van der Waals surface area contributed by atoms with Crippen LogP contribution in [0.3, 0.4) is 0 Å². The van der Waals surface area contributed by atoms with E-state index in [4.69, 9.17) is 4.74 Å². The van der Waals surface area contributed by atoms with E-state index >= 15 is 0 Å². The molecule has 0 spiro atoms. The van der Waals surface area contributed by atoms with Gasteiger partial charge in [0.05, 0.1) is 13.2 Å². The molecule has 0 fully saturated rings. The summed E-state index contributed by atoms with van der Waals surface area (Å²) in [6.45, 7) is 2.09. The van der Waals surface area contributed by atoms with Gasteiger partial charge in [-0.2, -0.15) is 0 Å². The van der Waals surface area contributed by atoms with Crippen LogP contribution in [-0.2, 0) is 4.79 Å². The second-order valence-corrected chi connectivity index (χ2v) is 4.16. The molecule has 1 N–H and O–H groups in total.